The van der Waals surface area contributed by atoms with Crippen LogP contribution >= 0.6 is 0 Å². The van der Waals surface area contributed by atoms with Crippen molar-refractivity contribution in [2.75, 3.05) is 19.8 Å². The molecule has 1 aromatic carbocycles. The third kappa shape index (κ3) is 4.55. The molecule has 1 aromatic rings. The number of benzene rings is 1. The lowest BCUT2D eigenvalue weighted by Crippen LogP contribution is -2.50. The summed E-state index contributed by atoms with van der Waals surface area (Å²) in [5.74, 6) is -0.955. The lowest BCUT2D eigenvalue weighted by Gasteiger charge is -2.35. The highest BCUT2D eigenvalue weighted by molar-refractivity contribution is 6.04. The summed E-state index contributed by atoms with van der Waals surface area (Å²) in [6.07, 6.45) is 1.78. The van der Waals surface area contributed by atoms with E-state index < -0.39 is 18.0 Å². The molecule has 25 heavy (non-hydrogen) atoms. The van der Waals surface area contributed by atoms with Gasteiger partial charge in [0.2, 0.25) is 0 Å². The second-order valence-electron chi connectivity index (χ2n) is 5.53. The fourth-order valence-electron chi connectivity index (χ4n) is 2.71. The molecule has 1 aliphatic rings. The number of carbonyl (C=O) groups excluding carboxylic acids is 2. The number of hydrogen-bond donors (Lipinski definition) is 0. The average Bonchev–Trinajstić information content (AvgIpc) is 2.64. The van der Waals surface area contributed by atoms with Crippen LogP contribution in [-0.2, 0) is 28.5 Å². The summed E-state index contributed by atoms with van der Waals surface area (Å²) < 4.78 is 22.3. The molecular formula is C19H24O6. The van der Waals surface area contributed by atoms with Crippen molar-refractivity contribution in [3.05, 3.63) is 35.9 Å². The van der Waals surface area contributed by atoms with Crippen molar-refractivity contribution >= 4 is 17.5 Å². The molecule has 1 saturated heterocycles. The summed E-state index contributed by atoms with van der Waals surface area (Å²) in [6, 6.07) is 8.71. The molecule has 0 bridgehead atoms. The lowest BCUT2D eigenvalue weighted by atomic mass is 9.98. The number of esters is 1. The van der Waals surface area contributed by atoms with Crippen LogP contribution in [0.15, 0.2) is 30.3 Å². The van der Waals surface area contributed by atoms with E-state index in [-0.39, 0.29) is 18.8 Å². The molecule has 6 nitrogen and oxygen atoms in total. The summed E-state index contributed by atoms with van der Waals surface area (Å²) in [4.78, 5) is 24.6. The summed E-state index contributed by atoms with van der Waals surface area (Å²) in [6.45, 7) is 4.19. The van der Waals surface area contributed by atoms with Gasteiger partial charge >= 0.3 is 11.8 Å². The van der Waals surface area contributed by atoms with Crippen LogP contribution in [0.25, 0.3) is 5.57 Å². The Hall–Kier alpha value is -1.98. The Kier molecular flexibility index (Phi) is 7.34. The normalized spacial score (nSPS) is 19.5. The number of carbonyl (C=O) groups is 1. The quantitative estimate of drug-likeness (QED) is 0.409. The van der Waals surface area contributed by atoms with Crippen LogP contribution in [0.3, 0.4) is 0 Å². The molecule has 136 valence electrons. The molecule has 1 heterocycles. The van der Waals surface area contributed by atoms with Gasteiger partial charge in [0.05, 0.1) is 6.61 Å². The first-order chi connectivity index (χ1) is 12.2. The van der Waals surface area contributed by atoms with Crippen molar-refractivity contribution in [3.63, 3.8) is 0 Å². The molecule has 2 atom stereocenters. The van der Waals surface area contributed by atoms with Crippen LogP contribution in [0, 0.1) is 0 Å². The van der Waals surface area contributed by atoms with Crippen LogP contribution in [0.1, 0.15) is 38.7 Å². The first-order valence-electron chi connectivity index (χ1n) is 8.59. The second kappa shape index (κ2) is 9.49. The second-order valence-corrected chi connectivity index (χ2v) is 5.53. The van der Waals surface area contributed by atoms with Crippen LogP contribution < -0.4 is 0 Å². The maximum absolute atomic E-state index is 12.8. The molecule has 0 saturated carbocycles. The summed E-state index contributed by atoms with van der Waals surface area (Å²) >= 11 is 0. The highest BCUT2D eigenvalue weighted by Crippen LogP contribution is 2.34. The SMILES string of the molecule is CCOC(=O)C(OCC)(OC1CCCCO1)C(=C=O)c1ccccc1. The van der Waals surface area contributed by atoms with Gasteiger partial charge in [0.1, 0.15) is 11.5 Å². The molecule has 1 aliphatic heterocycles. The van der Waals surface area contributed by atoms with E-state index in [0.717, 1.165) is 12.8 Å². The monoisotopic (exact) mass is 348 g/mol. The van der Waals surface area contributed by atoms with Crippen molar-refractivity contribution in [2.45, 2.75) is 45.2 Å². The van der Waals surface area contributed by atoms with E-state index in [9.17, 15) is 9.59 Å². The Bertz CT molecular complexity index is 602. The molecule has 0 amide bonds. The van der Waals surface area contributed by atoms with Crippen molar-refractivity contribution in [1.82, 2.24) is 0 Å². The Labute approximate surface area is 147 Å². The van der Waals surface area contributed by atoms with Gasteiger partial charge < -0.3 is 18.9 Å². The highest BCUT2D eigenvalue weighted by Gasteiger charge is 2.50. The zero-order chi connectivity index (χ0) is 18.1. The molecule has 0 aliphatic carbocycles. The van der Waals surface area contributed by atoms with Crippen molar-refractivity contribution in [1.29, 1.82) is 0 Å². The first-order valence-corrected chi connectivity index (χ1v) is 8.59. The van der Waals surface area contributed by atoms with Gasteiger partial charge in [-0.05, 0) is 38.7 Å². The fraction of sp³-hybridized carbons (Fsp3) is 0.526. The van der Waals surface area contributed by atoms with Gasteiger partial charge in [0.25, 0.3) is 0 Å². The van der Waals surface area contributed by atoms with Crippen molar-refractivity contribution in [2.24, 2.45) is 0 Å². The molecule has 0 N–H and O–H groups in total. The van der Waals surface area contributed by atoms with E-state index in [2.05, 4.69) is 0 Å². The van der Waals surface area contributed by atoms with E-state index in [1.165, 1.54) is 0 Å². The van der Waals surface area contributed by atoms with Crippen LogP contribution in [0.4, 0.5) is 0 Å². The zero-order valence-corrected chi connectivity index (χ0v) is 14.7. The van der Waals surface area contributed by atoms with E-state index in [0.29, 0.717) is 18.6 Å². The van der Waals surface area contributed by atoms with E-state index in [4.69, 9.17) is 18.9 Å². The summed E-state index contributed by atoms with van der Waals surface area (Å²) in [5, 5.41) is 0. The third-order valence-electron chi connectivity index (χ3n) is 3.82. The lowest BCUT2D eigenvalue weighted by molar-refractivity contribution is -0.286. The topological polar surface area (TPSA) is 71.1 Å². The predicted octanol–water partition coefficient (Wildman–Crippen LogP) is 2.74. The number of ether oxygens (including phenoxy) is 4. The molecule has 1 fully saturated rings. The smallest absolute Gasteiger partial charge is 0.372 e. The largest absolute Gasteiger partial charge is 0.462 e. The fourth-order valence-corrected chi connectivity index (χ4v) is 2.71. The number of rotatable bonds is 8. The van der Waals surface area contributed by atoms with Crippen LogP contribution in [0.2, 0.25) is 0 Å². The van der Waals surface area contributed by atoms with Gasteiger partial charge in [-0.2, -0.15) is 0 Å². The zero-order valence-electron chi connectivity index (χ0n) is 14.7. The van der Waals surface area contributed by atoms with E-state index in [1.54, 1.807) is 38.1 Å². The van der Waals surface area contributed by atoms with Gasteiger partial charge in [0, 0.05) is 13.2 Å². The van der Waals surface area contributed by atoms with Gasteiger partial charge in [-0.3, -0.25) is 0 Å². The van der Waals surface area contributed by atoms with Crippen LogP contribution in [-0.4, -0.2) is 43.8 Å². The van der Waals surface area contributed by atoms with Gasteiger partial charge in [-0.15, -0.1) is 0 Å². The standard InChI is InChI=1S/C19H24O6/c1-3-22-18(21)19(24-4-2,25-17-12-8-9-13-23-17)16(14-20)15-10-6-5-7-11-15/h5-7,10-11,17H,3-4,8-9,12-13H2,1-2H3. The molecule has 6 heteroatoms. The number of hydrogen-bond acceptors (Lipinski definition) is 6. The Morgan fingerprint density at radius 1 is 1.24 bits per heavy atom. The maximum atomic E-state index is 12.8. The first kappa shape index (κ1) is 19.3. The molecule has 2 unspecified atom stereocenters. The van der Waals surface area contributed by atoms with Gasteiger partial charge in [-0.1, -0.05) is 30.3 Å². The van der Waals surface area contributed by atoms with Crippen molar-refractivity contribution < 1.29 is 28.5 Å². The predicted molar refractivity (Wildman–Crippen MR) is 91.2 cm³/mol. The van der Waals surface area contributed by atoms with Gasteiger partial charge in [0.15, 0.2) is 6.29 Å². The Morgan fingerprint density at radius 3 is 2.56 bits per heavy atom. The van der Waals surface area contributed by atoms with E-state index in [1.807, 2.05) is 12.0 Å². The third-order valence-corrected chi connectivity index (χ3v) is 3.82. The van der Waals surface area contributed by atoms with Crippen molar-refractivity contribution in [3.8, 4) is 0 Å². The molecule has 0 spiro atoms. The van der Waals surface area contributed by atoms with E-state index >= 15 is 0 Å². The Balaban J connectivity index is 2.47. The minimum absolute atomic E-state index is 0.0532. The minimum atomic E-state index is -2.00. The Morgan fingerprint density at radius 2 is 2.00 bits per heavy atom. The summed E-state index contributed by atoms with van der Waals surface area (Å²) in [5.41, 5.74) is 0.428. The average molecular weight is 348 g/mol. The van der Waals surface area contributed by atoms with Gasteiger partial charge in [-0.25, -0.2) is 9.59 Å². The maximum Gasteiger partial charge on any atom is 0.372 e. The highest BCUT2D eigenvalue weighted by atomic mass is 16.8. The summed E-state index contributed by atoms with van der Waals surface area (Å²) in [7, 11) is 0. The molecular weight excluding hydrogens is 324 g/mol. The van der Waals surface area contributed by atoms with Crippen LogP contribution in [0.5, 0.6) is 0 Å². The molecule has 0 radical (unpaired) electrons. The molecule has 2 rings (SSSR count). The minimum Gasteiger partial charge on any atom is -0.462 e. The molecule has 0 aromatic heterocycles.